The van der Waals surface area contributed by atoms with E-state index in [2.05, 4.69) is 10.2 Å². The molecule has 6 nitrogen and oxygen atoms in total. The van der Waals surface area contributed by atoms with E-state index in [9.17, 15) is 9.59 Å². The molecule has 3 N–H and O–H groups in total. The molecule has 0 unspecified atom stereocenters. The maximum atomic E-state index is 12.2. The van der Waals surface area contributed by atoms with Gasteiger partial charge >= 0.3 is 0 Å². The fourth-order valence-electron chi connectivity index (χ4n) is 2.60. The number of nitrogens with two attached hydrogens (primary N) is 1. The van der Waals surface area contributed by atoms with Crippen LogP contribution in [0.2, 0.25) is 5.02 Å². The molecular weight excluding hydrogens is 399 g/mol. The molecule has 0 spiro atoms. The number of anilines is 1. The molecule has 1 aliphatic heterocycles. The van der Waals surface area contributed by atoms with Crippen LogP contribution in [0.15, 0.2) is 24.3 Å². The van der Waals surface area contributed by atoms with Crippen LogP contribution < -0.4 is 16.0 Å². The highest BCUT2D eigenvalue weighted by Gasteiger charge is 2.23. The summed E-state index contributed by atoms with van der Waals surface area (Å²) in [5.74, 6) is -0.328. The van der Waals surface area contributed by atoms with Gasteiger partial charge < -0.3 is 20.9 Å². The second kappa shape index (κ2) is 11.5. The molecule has 148 valence electrons. The smallest absolute Gasteiger partial charge is 0.242 e. The van der Waals surface area contributed by atoms with Gasteiger partial charge in [-0.2, -0.15) is 0 Å². The Morgan fingerprint density at radius 3 is 2.27 bits per heavy atom. The first-order chi connectivity index (χ1) is 11.4. The molecule has 0 aromatic heterocycles. The Hall–Kier alpha value is -1.21. The van der Waals surface area contributed by atoms with Gasteiger partial charge in [0.25, 0.3) is 0 Å². The van der Waals surface area contributed by atoms with Crippen molar-refractivity contribution in [3.63, 3.8) is 0 Å². The van der Waals surface area contributed by atoms with Crippen LogP contribution in [-0.2, 0) is 9.59 Å². The molecule has 0 bridgehead atoms. The normalized spacial score (nSPS) is 15.0. The van der Waals surface area contributed by atoms with Gasteiger partial charge in [-0.05, 0) is 18.1 Å². The molecule has 1 heterocycles. The lowest BCUT2D eigenvalue weighted by atomic mass is 10.1. The van der Waals surface area contributed by atoms with Crippen LogP contribution in [-0.4, -0.2) is 55.5 Å². The maximum absolute atomic E-state index is 12.2. The van der Waals surface area contributed by atoms with Crippen molar-refractivity contribution in [1.29, 1.82) is 0 Å². The molecule has 2 rings (SSSR count). The van der Waals surface area contributed by atoms with Crippen LogP contribution in [0.25, 0.3) is 0 Å². The zero-order valence-corrected chi connectivity index (χ0v) is 17.4. The zero-order chi connectivity index (χ0) is 17.7. The number of halogens is 3. The van der Waals surface area contributed by atoms with Gasteiger partial charge in [0.05, 0.1) is 23.3 Å². The number of benzene rings is 1. The van der Waals surface area contributed by atoms with Crippen molar-refractivity contribution in [2.24, 2.45) is 11.7 Å². The minimum Gasteiger partial charge on any atom is -0.367 e. The Morgan fingerprint density at radius 1 is 1.15 bits per heavy atom. The second-order valence-corrected chi connectivity index (χ2v) is 6.71. The molecule has 1 saturated heterocycles. The van der Waals surface area contributed by atoms with E-state index in [0.717, 1.165) is 18.8 Å². The number of nitrogens with zero attached hydrogens (tertiary/aromatic N) is 2. The Balaban J connectivity index is 0.00000312. The van der Waals surface area contributed by atoms with E-state index < -0.39 is 6.04 Å². The molecule has 1 aromatic rings. The van der Waals surface area contributed by atoms with E-state index in [1.165, 1.54) is 0 Å². The number of para-hydroxylation sites is 1. The highest BCUT2D eigenvalue weighted by atomic mass is 35.5. The summed E-state index contributed by atoms with van der Waals surface area (Å²) in [5.41, 5.74) is 6.75. The third-order valence-corrected chi connectivity index (χ3v) is 4.58. The average Bonchev–Trinajstić information content (AvgIpc) is 2.59. The van der Waals surface area contributed by atoms with Gasteiger partial charge in [0.15, 0.2) is 0 Å². The molecule has 0 saturated carbocycles. The summed E-state index contributed by atoms with van der Waals surface area (Å²) in [6.07, 6.45) is 0. The highest BCUT2D eigenvalue weighted by Crippen LogP contribution is 2.25. The summed E-state index contributed by atoms with van der Waals surface area (Å²) in [6, 6.07) is 7.10. The first-order valence-electron chi connectivity index (χ1n) is 8.20. The summed E-state index contributed by atoms with van der Waals surface area (Å²) >= 11 is 6.21. The molecular formula is C17H27Cl3N4O2. The fourth-order valence-corrected chi connectivity index (χ4v) is 2.86. The van der Waals surface area contributed by atoms with E-state index >= 15 is 0 Å². The van der Waals surface area contributed by atoms with E-state index in [0.29, 0.717) is 18.1 Å². The lowest BCUT2D eigenvalue weighted by Gasteiger charge is -2.36. The van der Waals surface area contributed by atoms with Crippen molar-refractivity contribution < 1.29 is 9.59 Å². The first-order valence-corrected chi connectivity index (χ1v) is 8.58. The van der Waals surface area contributed by atoms with Gasteiger partial charge in [0.2, 0.25) is 11.8 Å². The third kappa shape index (κ3) is 6.50. The number of amides is 2. The number of nitrogens with one attached hydrogen (secondary N) is 1. The number of hydrogen-bond acceptors (Lipinski definition) is 4. The van der Waals surface area contributed by atoms with Crippen molar-refractivity contribution in [1.82, 2.24) is 10.2 Å². The van der Waals surface area contributed by atoms with Crippen molar-refractivity contribution in [3.8, 4) is 0 Å². The standard InChI is InChI=1S/C17H25ClN4O2.2ClH/c1-12(2)16(19)17(24)20-11-15(23)22-9-7-21(8-10-22)14-6-4-3-5-13(14)18;;/h3-6,12,16H,7-11,19H2,1-2H3,(H,20,24);2*1H/t16-;;/m0../s1. The van der Waals surface area contributed by atoms with Crippen molar-refractivity contribution >= 4 is 53.9 Å². The minimum atomic E-state index is -0.588. The zero-order valence-electron chi connectivity index (χ0n) is 15.0. The molecule has 1 aliphatic rings. The van der Waals surface area contributed by atoms with Crippen LogP contribution in [0.3, 0.4) is 0 Å². The van der Waals surface area contributed by atoms with Gasteiger partial charge in [-0.25, -0.2) is 0 Å². The van der Waals surface area contributed by atoms with Crippen LogP contribution in [0.1, 0.15) is 13.8 Å². The number of carbonyl (C=O) groups is 2. The predicted octanol–water partition coefficient (Wildman–Crippen LogP) is 1.93. The molecule has 1 atom stereocenters. The molecule has 26 heavy (non-hydrogen) atoms. The molecule has 0 aliphatic carbocycles. The maximum Gasteiger partial charge on any atom is 0.242 e. The van der Waals surface area contributed by atoms with Gasteiger partial charge in [-0.1, -0.05) is 37.6 Å². The van der Waals surface area contributed by atoms with Gasteiger partial charge in [-0.15, -0.1) is 24.8 Å². The van der Waals surface area contributed by atoms with Gasteiger partial charge in [0, 0.05) is 26.2 Å². The predicted molar refractivity (Wildman–Crippen MR) is 111 cm³/mol. The molecule has 2 amide bonds. The summed E-state index contributed by atoms with van der Waals surface area (Å²) in [6.45, 7) is 6.39. The monoisotopic (exact) mass is 424 g/mol. The lowest BCUT2D eigenvalue weighted by molar-refractivity contribution is -0.133. The van der Waals surface area contributed by atoms with Crippen molar-refractivity contribution in [2.45, 2.75) is 19.9 Å². The summed E-state index contributed by atoms with van der Waals surface area (Å²) in [5, 5.41) is 3.34. The summed E-state index contributed by atoms with van der Waals surface area (Å²) in [4.78, 5) is 28.0. The largest absolute Gasteiger partial charge is 0.367 e. The number of rotatable bonds is 5. The van der Waals surface area contributed by atoms with E-state index in [4.69, 9.17) is 17.3 Å². The van der Waals surface area contributed by atoms with Crippen LogP contribution in [0.4, 0.5) is 5.69 Å². The van der Waals surface area contributed by atoms with E-state index in [1.54, 1.807) is 4.90 Å². The van der Waals surface area contributed by atoms with E-state index in [-0.39, 0.29) is 49.1 Å². The number of hydrogen-bond donors (Lipinski definition) is 2. The quantitative estimate of drug-likeness (QED) is 0.755. The third-order valence-electron chi connectivity index (χ3n) is 4.26. The topological polar surface area (TPSA) is 78.7 Å². The number of piperazine rings is 1. The van der Waals surface area contributed by atoms with Crippen LogP contribution in [0.5, 0.6) is 0 Å². The highest BCUT2D eigenvalue weighted by molar-refractivity contribution is 6.33. The Bertz CT molecular complexity index is 593. The molecule has 0 radical (unpaired) electrons. The minimum absolute atomic E-state index is 0. The SMILES string of the molecule is CC(C)[C@H](N)C(=O)NCC(=O)N1CCN(c2ccccc2Cl)CC1.Cl.Cl. The van der Waals surface area contributed by atoms with Crippen LogP contribution in [0, 0.1) is 5.92 Å². The molecule has 1 fully saturated rings. The molecule has 1 aromatic carbocycles. The fraction of sp³-hybridized carbons (Fsp3) is 0.529. The average molecular weight is 426 g/mol. The Kier molecular flexibility index (Phi) is 11.0. The number of carbonyl (C=O) groups excluding carboxylic acids is 2. The Labute approximate surface area is 172 Å². The van der Waals surface area contributed by atoms with E-state index in [1.807, 2.05) is 38.1 Å². The van der Waals surface area contributed by atoms with Crippen LogP contribution >= 0.6 is 36.4 Å². The van der Waals surface area contributed by atoms with Crippen molar-refractivity contribution in [2.75, 3.05) is 37.6 Å². The Morgan fingerprint density at radius 2 is 1.73 bits per heavy atom. The lowest BCUT2D eigenvalue weighted by Crippen LogP contribution is -2.53. The van der Waals surface area contributed by atoms with Gasteiger partial charge in [-0.3, -0.25) is 9.59 Å². The first kappa shape index (κ1) is 24.8. The van der Waals surface area contributed by atoms with Crippen molar-refractivity contribution in [3.05, 3.63) is 29.3 Å². The molecule has 9 heteroatoms. The second-order valence-electron chi connectivity index (χ2n) is 6.31. The summed E-state index contributed by atoms with van der Waals surface area (Å²) < 4.78 is 0. The summed E-state index contributed by atoms with van der Waals surface area (Å²) in [7, 11) is 0. The van der Waals surface area contributed by atoms with Gasteiger partial charge in [0.1, 0.15) is 0 Å².